The Morgan fingerprint density at radius 3 is 1.02 bits per heavy atom. The van der Waals surface area contributed by atoms with Crippen LogP contribution in [0, 0.1) is 0 Å². The molecule has 40 heteroatoms. The molecule has 0 aromatic heterocycles. The zero-order chi connectivity index (χ0) is 54.2. The number of benzene rings is 8. The second-order valence-electron chi connectivity index (χ2n) is 15.4. The standard InChI is InChI=1S/C42H28N6O21S5.3Cu.5Na/c49-32-16-24(72(61,62)63)15-28-27(32)17-31(37(42(28)54)46-48-39-36(74(67,68)69)14-21-10-23(71(58,59)60)4-6-26(21)41(39)53)45-43-29-7-1-18(11-33(29)50)19-2-8-30(34(51)12-19)44-47-38-35(73(64,65)66)13-20-9-22(70(55,56)57)3-5-25(20)40(38)52;;;;;;;;/h1-17,49-54H,(H,55,56,57)(H,58,59,60)(H,61,62,63)(H,64,65,66)(H,67,68,69);;;;;;;;/q;;;;5*+1. The molecule has 0 amide bonds. The molecule has 0 bridgehead atoms. The van der Waals surface area contributed by atoms with Gasteiger partial charge in [0.2, 0.25) is 0 Å². The van der Waals surface area contributed by atoms with Gasteiger partial charge in [-0.15, -0.1) is 30.7 Å². The molecule has 0 saturated heterocycles. The summed E-state index contributed by atoms with van der Waals surface area (Å²) >= 11 is 0. The first-order valence-corrected chi connectivity index (χ1v) is 26.9. The maximum atomic E-state index is 12.5. The van der Waals surface area contributed by atoms with Crippen LogP contribution < -0.4 is 148 Å². The van der Waals surface area contributed by atoms with Crippen molar-refractivity contribution in [3.05, 3.63) is 103 Å². The number of hydrogen-bond donors (Lipinski definition) is 11. The van der Waals surface area contributed by atoms with Gasteiger partial charge in [-0.3, -0.25) is 22.8 Å². The number of hydrogen-bond acceptors (Lipinski definition) is 22. The minimum atomic E-state index is -5.35. The summed E-state index contributed by atoms with van der Waals surface area (Å²) in [5.74, 6) is -5.03. The van der Waals surface area contributed by atoms with E-state index in [1.165, 1.54) is 24.3 Å². The van der Waals surface area contributed by atoms with Gasteiger partial charge < -0.3 is 30.6 Å². The molecule has 0 fully saturated rings. The minimum Gasteiger partial charge on any atom is -0.507 e. The SMILES string of the molecule is O=S(=O)(O)c1ccc2c(O)c(N=Nc3ccc(-c4ccc(N=Nc5cc6c(O)cc(S(=O)(=O)O)cc6c(O)c5N=Nc5c(S(=O)(=O)O)cc6cc(S(=O)(=O)O)ccc6c5O)c(O)c4)cc3O)c(S(=O)(=O)O)cc2c1.[Cu].[Cu].[Cu].[Na+].[Na+].[Na+].[Na+].[Na+]. The van der Waals surface area contributed by atoms with E-state index in [9.17, 15) is 95.5 Å². The van der Waals surface area contributed by atoms with Crippen molar-refractivity contribution in [1.29, 1.82) is 0 Å². The van der Waals surface area contributed by atoms with Gasteiger partial charge in [-0.2, -0.15) is 42.1 Å². The van der Waals surface area contributed by atoms with Crippen molar-refractivity contribution >= 4 is 117 Å². The fourth-order valence-corrected chi connectivity index (χ4v) is 10.1. The number of fused-ring (bicyclic) bond motifs is 3. The van der Waals surface area contributed by atoms with E-state index >= 15 is 0 Å². The molecule has 0 heterocycles. The van der Waals surface area contributed by atoms with Crippen LogP contribution in [0.1, 0.15) is 0 Å². The zero-order valence-corrected chi connectivity index (χ0v) is 58.9. The van der Waals surface area contributed by atoms with Gasteiger partial charge in [0.1, 0.15) is 55.5 Å². The largest absolute Gasteiger partial charge is 1.00 e. The van der Waals surface area contributed by atoms with Crippen molar-refractivity contribution < 1.29 is 294 Å². The Balaban J connectivity index is 0.00000820. The van der Waals surface area contributed by atoms with Gasteiger partial charge in [0.05, 0.1) is 14.7 Å². The van der Waals surface area contributed by atoms with Gasteiger partial charge in [-0.25, -0.2) is 0 Å². The second kappa shape index (κ2) is 30.4. The van der Waals surface area contributed by atoms with E-state index in [0.717, 1.165) is 60.7 Å². The molecule has 27 nitrogen and oxygen atoms in total. The molecule has 8 aromatic rings. The van der Waals surface area contributed by atoms with Crippen LogP contribution >= 0.6 is 0 Å². The summed E-state index contributed by atoms with van der Waals surface area (Å²) in [6.45, 7) is 0. The second-order valence-corrected chi connectivity index (χ2v) is 22.5. The number of rotatable bonds is 12. The summed E-state index contributed by atoms with van der Waals surface area (Å²) in [6.07, 6.45) is 0. The quantitative estimate of drug-likeness (QED) is 0.0308. The average molecular weight is 1420 g/mol. The molecule has 3 radical (unpaired) electrons. The summed E-state index contributed by atoms with van der Waals surface area (Å²) in [5, 5.41) is 87.2. The fraction of sp³-hybridized carbons (Fsp3) is 0. The van der Waals surface area contributed by atoms with Crippen LogP contribution in [-0.4, -0.2) is 95.5 Å². The molecule has 0 unspecified atom stereocenters. The monoisotopic (exact) mass is 1420 g/mol. The Kier molecular flexibility index (Phi) is 29.8. The van der Waals surface area contributed by atoms with Crippen LogP contribution in [0.2, 0.25) is 0 Å². The summed E-state index contributed by atoms with van der Waals surface area (Å²) in [7, 11) is -25.2. The van der Waals surface area contributed by atoms with Gasteiger partial charge >= 0.3 is 148 Å². The van der Waals surface area contributed by atoms with Crippen LogP contribution in [0.15, 0.2) is 158 Å². The Hall–Kier alpha value is -1.75. The molecule has 8 rings (SSSR count). The smallest absolute Gasteiger partial charge is 0.507 e. The van der Waals surface area contributed by atoms with E-state index in [1.807, 2.05) is 0 Å². The number of azo groups is 3. The van der Waals surface area contributed by atoms with E-state index in [4.69, 9.17) is 0 Å². The molecule has 82 heavy (non-hydrogen) atoms. The third-order valence-corrected chi connectivity index (χ3v) is 15.0. The first kappa shape index (κ1) is 80.2. The van der Waals surface area contributed by atoms with Crippen molar-refractivity contribution in [2.75, 3.05) is 0 Å². The molecule has 0 aliphatic rings. The van der Waals surface area contributed by atoms with Crippen LogP contribution in [0.5, 0.6) is 34.5 Å². The number of phenolic OH excluding ortho intramolecular Hbond substituents is 6. The molecular formula is C42H28Cu3N6Na5O21S5+5. The summed E-state index contributed by atoms with van der Waals surface area (Å²) in [5.41, 5.74) is -3.44. The van der Waals surface area contributed by atoms with Gasteiger partial charge in [0, 0.05) is 78.8 Å². The third kappa shape index (κ3) is 17.5. The number of phenols is 6. The van der Waals surface area contributed by atoms with Gasteiger partial charge in [-0.05, 0) is 107 Å². The topological polar surface area (TPSA) is 467 Å². The van der Waals surface area contributed by atoms with Crippen LogP contribution in [0.4, 0.5) is 34.1 Å². The molecule has 0 atom stereocenters. The molecule has 11 N–H and O–H groups in total. The van der Waals surface area contributed by atoms with Gasteiger partial charge in [0.15, 0.2) is 22.9 Å². The Morgan fingerprint density at radius 1 is 0.293 bits per heavy atom. The summed E-state index contributed by atoms with van der Waals surface area (Å²) in [6, 6.07) is 16.3. The number of aromatic hydroxyl groups is 6. The first-order chi connectivity index (χ1) is 34.3. The van der Waals surface area contributed by atoms with Crippen molar-refractivity contribution in [2.24, 2.45) is 30.7 Å². The third-order valence-electron chi connectivity index (χ3n) is 10.7. The maximum Gasteiger partial charge on any atom is 1.00 e. The summed E-state index contributed by atoms with van der Waals surface area (Å²) in [4.78, 5) is -4.50. The Morgan fingerprint density at radius 2 is 0.646 bits per heavy atom. The first-order valence-electron chi connectivity index (χ1n) is 19.7. The summed E-state index contributed by atoms with van der Waals surface area (Å²) < 4.78 is 169. The van der Waals surface area contributed by atoms with Crippen LogP contribution in [0.3, 0.4) is 0 Å². The predicted molar refractivity (Wildman–Crippen MR) is 255 cm³/mol. The normalized spacial score (nSPS) is 11.8. The maximum absolute atomic E-state index is 12.5. The predicted octanol–water partition coefficient (Wildman–Crippen LogP) is -6.46. The Bertz CT molecular complexity index is 4520. The van der Waals surface area contributed by atoms with Crippen molar-refractivity contribution in [2.45, 2.75) is 24.5 Å². The molecule has 0 spiro atoms. The molecule has 8 aromatic carbocycles. The minimum absolute atomic E-state index is 0. The average Bonchev–Trinajstić information content (AvgIpc) is 3.29. The fourth-order valence-electron chi connectivity index (χ4n) is 7.19. The molecule has 0 saturated carbocycles. The zero-order valence-electron chi connectivity index (χ0n) is 41.9. The molecule has 0 aliphatic carbocycles. The van der Waals surface area contributed by atoms with Crippen LogP contribution in [0.25, 0.3) is 43.4 Å². The van der Waals surface area contributed by atoms with Crippen molar-refractivity contribution in [3.63, 3.8) is 0 Å². The number of nitrogens with zero attached hydrogens (tertiary/aromatic N) is 6. The van der Waals surface area contributed by atoms with Crippen molar-refractivity contribution in [3.8, 4) is 45.6 Å². The van der Waals surface area contributed by atoms with Crippen LogP contribution in [-0.2, 0) is 102 Å². The Labute approximate surface area is 606 Å². The molecule has 415 valence electrons. The molecular weight excluding hydrogens is 1390 g/mol. The van der Waals surface area contributed by atoms with Crippen molar-refractivity contribution in [1.82, 2.24) is 0 Å². The van der Waals surface area contributed by atoms with Gasteiger partial charge in [0.25, 0.3) is 50.6 Å². The van der Waals surface area contributed by atoms with Gasteiger partial charge in [-0.1, -0.05) is 12.1 Å². The van der Waals surface area contributed by atoms with E-state index in [1.54, 1.807) is 0 Å². The van der Waals surface area contributed by atoms with E-state index in [0.29, 0.717) is 18.2 Å². The van der Waals surface area contributed by atoms with E-state index in [2.05, 4.69) is 30.7 Å². The van der Waals surface area contributed by atoms with E-state index < -0.39 is 138 Å². The van der Waals surface area contributed by atoms with E-state index in [-0.39, 0.29) is 248 Å². The molecule has 0 aliphatic heterocycles.